The summed E-state index contributed by atoms with van der Waals surface area (Å²) in [6, 6.07) is 22.1. The average molecular weight is 409 g/mol. The Morgan fingerprint density at radius 2 is 1.71 bits per heavy atom. The van der Waals surface area contributed by atoms with E-state index < -0.39 is 0 Å². The van der Waals surface area contributed by atoms with Crippen molar-refractivity contribution in [2.75, 3.05) is 7.11 Å². The molecule has 3 aromatic rings. The van der Waals surface area contributed by atoms with Crippen molar-refractivity contribution in [3.05, 3.63) is 99.6 Å². The van der Waals surface area contributed by atoms with Crippen molar-refractivity contribution in [1.82, 2.24) is 0 Å². The van der Waals surface area contributed by atoms with Gasteiger partial charge in [-0.25, -0.2) is 0 Å². The molecule has 2 nitrogen and oxygen atoms in total. The van der Waals surface area contributed by atoms with Crippen molar-refractivity contribution in [1.29, 1.82) is 0 Å². The minimum absolute atomic E-state index is 0.126. The quantitative estimate of drug-likeness (QED) is 0.480. The number of methoxy groups -OCH3 is 1. The summed E-state index contributed by atoms with van der Waals surface area (Å²) >= 11 is 0. The molecule has 2 aliphatic carbocycles. The molecule has 156 valence electrons. The average Bonchev–Trinajstić information content (AvgIpc) is 3.12. The first-order valence-corrected chi connectivity index (χ1v) is 11.2. The van der Waals surface area contributed by atoms with Crippen LogP contribution < -0.4 is 4.74 Å². The smallest absolute Gasteiger partial charge is 0.123 e. The molecule has 0 spiro atoms. The van der Waals surface area contributed by atoms with Gasteiger partial charge >= 0.3 is 0 Å². The second kappa shape index (κ2) is 8.19. The third-order valence-electron chi connectivity index (χ3n) is 6.88. The fourth-order valence-electron chi connectivity index (χ4n) is 5.31. The highest BCUT2D eigenvalue weighted by atomic mass is 16.5. The number of aldehydes is 1. The Balaban J connectivity index is 1.75. The zero-order valence-corrected chi connectivity index (χ0v) is 18.3. The van der Waals surface area contributed by atoms with Crippen LogP contribution in [0.25, 0.3) is 11.1 Å². The van der Waals surface area contributed by atoms with E-state index in [0.717, 1.165) is 44.1 Å². The molecule has 0 amide bonds. The number of rotatable bonds is 4. The minimum atomic E-state index is 0.126. The number of hydrogen-bond donors (Lipinski definition) is 0. The van der Waals surface area contributed by atoms with Gasteiger partial charge < -0.3 is 9.53 Å². The third-order valence-corrected chi connectivity index (χ3v) is 6.88. The Bertz CT molecular complexity index is 1190. The first kappa shape index (κ1) is 19.8. The lowest BCUT2D eigenvalue weighted by molar-refractivity contribution is -0.110. The molecule has 2 aliphatic rings. The lowest BCUT2D eigenvalue weighted by atomic mass is 9.85. The standard InChI is InChI=1S/C29H28O2/c1-19-6-3-4-8-26(19)28-9-5-7-22-17-25(31-2)12-13-27(22)29(28)23-11-10-21-14-20(18-30)15-24(21)16-23/h3-4,6,8,10-13,16-18,20H,5,7,9,14-15H2,1-2H3. The summed E-state index contributed by atoms with van der Waals surface area (Å²) < 4.78 is 5.53. The molecule has 3 aromatic carbocycles. The van der Waals surface area contributed by atoms with E-state index >= 15 is 0 Å². The summed E-state index contributed by atoms with van der Waals surface area (Å²) in [7, 11) is 1.73. The molecule has 0 aliphatic heterocycles. The Morgan fingerprint density at radius 1 is 0.871 bits per heavy atom. The van der Waals surface area contributed by atoms with Gasteiger partial charge in [0.15, 0.2) is 0 Å². The van der Waals surface area contributed by atoms with Gasteiger partial charge in [0.25, 0.3) is 0 Å². The van der Waals surface area contributed by atoms with Gasteiger partial charge in [-0.2, -0.15) is 0 Å². The molecular formula is C29H28O2. The highest BCUT2D eigenvalue weighted by molar-refractivity contribution is 6.00. The minimum Gasteiger partial charge on any atom is -0.497 e. The van der Waals surface area contributed by atoms with Gasteiger partial charge in [0.2, 0.25) is 0 Å². The molecule has 1 unspecified atom stereocenters. The van der Waals surface area contributed by atoms with E-state index in [2.05, 4.69) is 67.6 Å². The lowest BCUT2D eigenvalue weighted by Gasteiger charge is -2.19. The Kier molecular flexibility index (Phi) is 5.23. The first-order valence-electron chi connectivity index (χ1n) is 11.2. The predicted molar refractivity (Wildman–Crippen MR) is 126 cm³/mol. The zero-order valence-electron chi connectivity index (χ0n) is 18.3. The first-order chi connectivity index (χ1) is 15.2. The van der Waals surface area contributed by atoms with Crippen molar-refractivity contribution < 1.29 is 9.53 Å². The van der Waals surface area contributed by atoms with Gasteiger partial charge in [-0.3, -0.25) is 0 Å². The van der Waals surface area contributed by atoms with Crippen LogP contribution in [0.5, 0.6) is 5.75 Å². The molecule has 31 heavy (non-hydrogen) atoms. The van der Waals surface area contributed by atoms with E-state index in [9.17, 15) is 4.79 Å². The predicted octanol–water partition coefficient (Wildman–Crippen LogP) is 6.21. The van der Waals surface area contributed by atoms with Crippen LogP contribution in [0.2, 0.25) is 0 Å². The van der Waals surface area contributed by atoms with Crippen LogP contribution in [0.3, 0.4) is 0 Å². The van der Waals surface area contributed by atoms with Crippen LogP contribution in [0.4, 0.5) is 0 Å². The lowest BCUT2D eigenvalue weighted by Crippen LogP contribution is -1.99. The van der Waals surface area contributed by atoms with Gasteiger partial charge in [0.05, 0.1) is 7.11 Å². The molecular weight excluding hydrogens is 380 g/mol. The normalized spacial score (nSPS) is 17.7. The SMILES string of the molecule is COc1ccc2c(c1)CCCC(c1ccccc1C)=C2c1ccc2c(c1)CC(C=O)C2. The molecule has 0 radical (unpaired) electrons. The molecule has 0 saturated heterocycles. The molecule has 0 fully saturated rings. The zero-order chi connectivity index (χ0) is 21.4. The molecule has 0 saturated carbocycles. The van der Waals surface area contributed by atoms with Crippen molar-refractivity contribution >= 4 is 17.4 Å². The maximum Gasteiger partial charge on any atom is 0.123 e. The van der Waals surface area contributed by atoms with Crippen LogP contribution >= 0.6 is 0 Å². The fourth-order valence-corrected chi connectivity index (χ4v) is 5.31. The molecule has 0 N–H and O–H groups in total. The van der Waals surface area contributed by atoms with E-state index in [4.69, 9.17) is 4.74 Å². The number of aryl methyl sites for hydroxylation is 2. The highest BCUT2D eigenvalue weighted by Crippen LogP contribution is 2.42. The van der Waals surface area contributed by atoms with E-state index in [0.29, 0.717) is 0 Å². The van der Waals surface area contributed by atoms with Gasteiger partial charge in [-0.15, -0.1) is 0 Å². The summed E-state index contributed by atoms with van der Waals surface area (Å²) in [5.41, 5.74) is 12.0. The van der Waals surface area contributed by atoms with Gasteiger partial charge in [-0.1, -0.05) is 48.5 Å². The van der Waals surface area contributed by atoms with Crippen LogP contribution in [0.1, 0.15) is 51.8 Å². The summed E-state index contributed by atoms with van der Waals surface area (Å²) in [4.78, 5) is 11.4. The summed E-state index contributed by atoms with van der Waals surface area (Å²) in [5.74, 6) is 1.04. The number of hydrogen-bond acceptors (Lipinski definition) is 2. The van der Waals surface area contributed by atoms with E-state index in [-0.39, 0.29) is 5.92 Å². The Hall–Kier alpha value is -3.13. The number of fused-ring (bicyclic) bond motifs is 2. The van der Waals surface area contributed by atoms with E-state index in [1.54, 1.807) is 7.11 Å². The highest BCUT2D eigenvalue weighted by Gasteiger charge is 2.25. The summed E-state index contributed by atoms with van der Waals surface area (Å²) in [5, 5.41) is 0. The number of carbonyl (C=O) groups excluding carboxylic acids is 1. The van der Waals surface area contributed by atoms with Gasteiger partial charge in [0.1, 0.15) is 12.0 Å². The van der Waals surface area contributed by atoms with Crippen LogP contribution in [0.15, 0.2) is 60.7 Å². The molecule has 0 bridgehead atoms. The topological polar surface area (TPSA) is 26.3 Å². The maximum absolute atomic E-state index is 11.4. The van der Waals surface area contributed by atoms with E-state index in [1.807, 2.05) is 0 Å². The second-order valence-corrected chi connectivity index (χ2v) is 8.83. The van der Waals surface area contributed by atoms with Crippen molar-refractivity contribution in [2.45, 2.75) is 39.0 Å². The molecule has 2 heteroatoms. The van der Waals surface area contributed by atoms with Crippen molar-refractivity contribution in [2.24, 2.45) is 5.92 Å². The number of benzene rings is 3. The molecule has 1 atom stereocenters. The van der Waals surface area contributed by atoms with Crippen LogP contribution in [-0.4, -0.2) is 13.4 Å². The van der Waals surface area contributed by atoms with Crippen LogP contribution in [-0.2, 0) is 24.1 Å². The number of ether oxygens (including phenoxy) is 1. The van der Waals surface area contributed by atoms with Crippen LogP contribution in [0, 0.1) is 12.8 Å². The number of allylic oxidation sites excluding steroid dienone is 1. The van der Waals surface area contributed by atoms with Crippen molar-refractivity contribution in [3.8, 4) is 5.75 Å². The number of carbonyl (C=O) groups is 1. The third kappa shape index (κ3) is 3.61. The van der Waals surface area contributed by atoms with Gasteiger partial charge in [0, 0.05) is 5.92 Å². The molecule has 0 heterocycles. The van der Waals surface area contributed by atoms with Crippen molar-refractivity contribution in [3.63, 3.8) is 0 Å². The van der Waals surface area contributed by atoms with Gasteiger partial charge in [-0.05, 0) is 101 Å². The summed E-state index contributed by atoms with van der Waals surface area (Å²) in [6.45, 7) is 2.21. The second-order valence-electron chi connectivity index (χ2n) is 8.83. The Labute approximate surface area is 184 Å². The van der Waals surface area contributed by atoms with E-state index in [1.165, 1.54) is 50.1 Å². The maximum atomic E-state index is 11.4. The summed E-state index contributed by atoms with van der Waals surface area (Å²) in [6.07, 6.45) is 6.05. The molecule has 5 rings (SSSR count). The largest absolute Gasteiger partial charge is 0.497 e. The molecule has 0 aromatic heterocycles. The fraction of sp³-hybridized carbons (Fsp3) is 0.276. The monoisotopic (exact) mass is 408 g/mol. The Morgan fingerprint density at radius 3 is 2.52 bits per heavy atom.